The van der Waals surface area contributed by atoms with Gasteiger partial charge in [0.1, 0.15) is 0 Å². The Morgan fingerprint density at radius 2 is 1.97 bits per heavy atom. The molecule has 0 saturated heterocycles. The number of rotatable bonds is 14. The first-order valence-electron chi connectivity index (χ1n) is 11.1. The summed E-state index contributed by atoms with van der Waals surface area (Å²) in [6.45, 7) is 8.88. The molecule has 29 heavy (non-hydrogen) atoms. The van der Waals surface area contributed by atoms with Gasteiger partial charge in [-0.15, -0.1) is 0 Å². The Morgan fingerprint density at radius 3 is 2.62 bits per heavy atom. The van der Waals surface area contributed by atoms with E-state index in [1.54, 1.807) is 6.08 Å². The molecular weight excluding hydrogens is 380 g/mol. The van der Waals surface area contributed by atoms with Gasteiger partial charge in [0, 0.05) is 18.3 Å². The molecule has 0 heterocycles. The van der Waals surface area contributed by atoms with Gasteiger partial charge in [0.25, 0.3) is 0 Å². The minimum Gasteiger partial charge on any atom is -0.469 e. The van der Waals surface area contributed by atoms with Gasteiger partial charge in [0.15, 0.2) is 14.1 Å². The maximum absolute atomic E-state index is 12.3. The third-order valence-electron chi connectivity index (χ3n) is 4.99. The summed E-state index contributed by atoms with van der Waals surface area (Å²) >= 11 is 0. The highest BCUT2D eigenvalue weighted by molar-refractivity contribution is 6.69. The lowest BCUT2D eigenvalue weighted by molar-refractivity contribution is -0.140. The van der Waals surface area contributed by atoms with E-state index in [0.29, 0.717) is 6.42 Å². The normalized spacial score (nSPS) is 20.8. The van der Waals surface area contributed by atoms with Crippen LogP contribution >= 0.6 is 0 Å². The van der Waals surface area contributed by atoms with Crippen molar-refractivity contribution < 1.29 is 18.8 Å². The van der Waals surface area contributed by atoms with Crippen LogP contribution in [0.25, 0.3) is 0 Å². The molecule has 0 N–H and O–H groups in total. The summed E-state index contributed by atoms with van der Waals surface area (Å²) in [6.07, 6.45) is 19.8. The zero-order chi connectivity index (χ0) is 21.7. The standard InChI is InChI=1S/C24H40O4Si/c1-6-7-10-13-21(28-29(3,4)5)18-16-20-17-19-23(25)22(20)14-11-8-9-12-15-24(26)27-2/h8,11,16-22H,6-7,9-10,12-15H2,1-5H3/b11-8+,18-16+/t20-,21-,22+/m0/s1. The van der Waals surface area contributed by atoms with Crippen molar-refractivity contribution in [1.82, 2.24) is 0 Å². The highest BCUT2D eigenvalue weighted by Crippen LogP contribution is 2.28. The summed E-state index contributed by atoms with van der Waals surface area (Å²) in [5, 5.41) is 0. The van der Waals surface area contributed by atoms with E-state index in [1.165, 1.54) is 26.4 Å². The Hall–Kier alpha value is -1.46. The van der Waals surface area contributed by atoms with Crippen LogP contribution < -0.4 is 0 Å². The van der Waals surface area contributed by atoms with Crippen LogP contribution in [0.1, 0.15) is 58.3 Å². The summed E-state index contributed by atoms with van der Waals surface area (Å²) in [5.74, 6) is 0.146. The fourth-order valence-corrected chi connectivity index (χ4v) is 4.55. The average molecular weight is 421 g/mol. The van der Waals surface area contributed by atoms with Gasteiger partial charge in [-0.05, 0) is 51.4 Å². The minimum atomic E-state index is -1.61. The average Bonchev–Trinajstić information content (AvgIpc) is 3.01. The Balaban J connectivity index is 2.58. The predicted molar refractivity (Wildman–Crippen MR) is 122 cm³/mol. The van der Waals surface area contributed by atoms with Gasteiger partial charge in [0.05, 0.1) is 13.2 Å². The summed E-state index contributed by atoms with van der Waals surface area (Å²) < 4.78 is 11.0. The number of methoxy groups -OCH3 is 1. The van der Waals surface area contributed by atoms with E-state index < -0.39 is 8.32 Å². The second-order valence-electron chi connectivity index (χ2n) is 8.77. The summed E-state index contributed by atoms with van der Waals surface area (Å²) in [6, 6.07) is 0. The zero-order valence-corrected chi connectivity index (χ0v) is 20.0. The summed E-state index contributed by atoms with van der Waals surface area (Å²) in [5.41, 5.74) is 0. The molecule has 0 aromatic heterocycles. The van der Waals surface area contributed by atoms with Gasteiger partial charge < -0.3 is 9.16 Å². The van der Waals surface area contributed by atoms with E-state index in [0.717, 1.165) is 25.7 Å². The number of unbranched alkanes of at least 4 members (excludes halogenated alkanes) is 3. The lowest BCUT2D eigenvalue weighted by Gasteiger charge is -2.25. The highest BCUT2D eigenvalue weighted by atomic mass is 28.4. The molecule has 0 aliphatic heterocycles. The van der Waals surface area contributed by atoms with Gasteiger partial charge >= 0.3 is 5.97 Å². The van der Waals surface area contributed by atoms with Crippen LogP contribution in [0.15, 0.2) is 36.5 Å². The molecule has 0 radical (unpaired) electrons. The Kier molecular flexibility index (Phi) is 12.1. The molecular formula is C24H40O4Si. The van der Waals surface area contributed by atoms with Crippen molar-refractivity contribution in [1.29, 1.82) is 0 Å². The fraction of sp³-hybridized carbons (Fsp3) is 0.667. The van der Waals surface area contributed by atoms with Crippen LogP contribution in [-0.2, 0) is 18.8 Å². The maximum atomic E-state index is 12.3. The number of ketones is 1. The Morgan fingerprint density at radius 1 is 1.21 bits per heavy atom. The maximum Gasteiger partial charge on any atom is 0.305 e. The topological polar surface area (TPSA) is 52.6 Å². The number of carbonyl (C=O) groups excluding carboxylic acids is 2. The van der Waals surface area contributed by atoms with Gasteiger partial charge in [0.2, 0.25) is 0 Å². The summed E-state index contributed by atoms with van der Waals surface area (Å²) in [7, 11) is -0.203. The third kappa shape index (κ3) is 11.3. The van der Waals surface area contributed by atoms with Crippen molar-refractivity contribution in [3.05, 3.63) is 36.5 Å². The van der Waals surface area contributed by atoms with Crippen molar-refractivity contribution in [2.45, 2.75) is 84.0 Å². The molecule has 0 spiro atoms. The second kappa shape index (κ2) is 13.7. The van der Waals surface area contributed by atoms with Crippen molar-refractivity contribution in [3.63, 3.8) is 0 Å². The monoisotopic (exact) mass is 420 g/mol. The SMILES string of the molecule is CCCCC[C@@H](/C=C/[C@H]1C=CC(=O)[C@@H]1C/C=C/CCCC(=O)OC)O[Si](C)(C)C. The number of carbonyl (C=O) groups is 2. The van der Waals surface area contributed by atoms with Crippen molar-refractivity contribution in [2.24, 2.45) is 11.8 Å². The zero-order valence-electron chi connectivity index (χ0n) is 19.0. The lowest BCUT2D eigenvalue weighted by atomic mass is 9.90. The highest BCUT2D eigenvalue weighted by Gasteiger charge is 2.27. The van der Waals surface area contributed by atoms with Crippen LogP contribution in [0.4, 0.5) is 0 Å². The molecule has 0 amide bonds. The molecule has 0 fully saturated rings. The molecule has 1 aliphatic rings. The minimum absolute atomic E-state index is 0.0220. The van der Waals surface area contributed by atoms with Crippen LogP contribution in [0.5, 0.6) is 0 Å². The molecule has 1 rings (SSSR count). The number of ether oxygens (including phenoxy) is 1. The van der Waals surface area contributed by atoms with Crippen LogP contribution in [-0.4, -0.2) is 33.3 Å². The molecule has 164 valence electrons. The van der Waals surface area contributed by atoms with Crippen molar-refractivity contribution >= 4 is 20.1 Å². The number of hydrogen-bond donors (Lipinski definition) is 0. The molecule has 4 nitrogen and oxygen atoms in total. The van der Waals surface area contributed by atoms with E-state index in [9.17, 15) is 9.59 Å². The van der Waals surface area contributed by atoms with Crippen molar-refractivity contribution in [2.75, 3.05) is 7.11 Å². The van der Waals surface area contributed by atoms with Crippen molar-refractivity contribution in [3.8, 4) is 0 Å². The largest absolute Gasteiger partial charge is 0.469 e. The van der Waals surface area contributed by atoms with Crippen LogP contribution in [0.3, 0.4) is 0 Å². The van der Waals surface area contributed by atoms with E-state index in [4.69, 9.17) is 4.43 Å². The molecule has 0 aromatic rings. The number of esters is 1. The van der Waals surface area contributed by atoms with Crippen LogP contribution in [0.2, 0.25) is 19.6 Å². The molecule has 0 bridgehead atoms. The van der Waals surface area contributed by atoms with E-state index in [2.05, 4.69) is 55.6 Å². The predicted octanol–water partition coefficient (Wildman–Crippen LogP) is 6.00. The quantitative estimate of drug-likeness (QED) is 0.150. The molecule has 1 aliphatic carbocycles. The second-order valence-corrected chi connectivity index (χ2v) is 13.2. The first-order valence-corrected chi connectivity index (χ1v) is 14.5. The fourth-order valence-electron chi connectivity index (χ4n) is 3.45. The first-order chi connectivity index (χ1) is 13.8. The molecule has 0 unspecified atom stereocenters. The van der Waals surface area contributed by atoms with Gasteiger partial charge in [-0.2, -0.15) is 0 Å². The van der Waals surface area contributed by atoms with Gasteiger partial charge in [-0.1, -0.05) is 56.6 Å². The molecule has 3 atom stereocenters. The van der Waals surface area contributed by atoms with Crippen LogP contribution in [0, 0.1) is 11.8 Å². The first kappa shape index (κ1) is 25.6. The molecule has 0 aromatic carbocycles. The Bertz CT molecular complexity index is 586. The van der Waals surface area contributed by atoms with E-state index in [1.807, 2.05) is 6.08 Å². The van der Waals surface area contributed by atoms with E-state index in [-0.39, 0.29) is 29.7 Å². The number of hydrogen-bond acceptors (Lipinski definition) is 4. The van der Waals surface area contributed by atoms with E-state index >= 15 is 0 Å². The smallest absolute Gasteiger partial charge is 0.305 e. The van der Waals surface area contributed by atoms with Gasteiger partial charge in [-0.25, -0.2) is 0 Å². The lowest BCUT2D eigenvalue weighted by Crippen LogP contribution is -2.31. The van der Waals surface area contributed by atoms with Gasteiger partial charge in [-0.3, -0.25) is 9.59 Å². The summed E-state index contributed by atoms with van der Waals surface area (Å²) in [4.78, 5) is 23.4. The number of allylic oxidation sites excluding steroid dienone is 5. The molecule has 5 heteroatoms. The molecule has 0 saturated carbocycles. The Labute approximate surface area is 178 Å². The third-order valence-corrected chi connectivity index (χ3v) is 6.00.